The minimum absolute atomic E-state index is 0.0783. The molecule has 0 unspecified atom stereocenters. The van der Waals surface area contributed by atoms with Crippen LogP contribution in [0.1, 0.15) is 17.5 Å². The van der Waals surface area contributed by atoms with Gasteiger partial charge in [0.2, 0.25) is 0 Å². The Hall–Kier alpha value is -3.39. The van der Waals surface area contributed by atoms with Crippen LogP contribution >= 0.6 is 0 Å². The van der Waals surface area contributed by atoms with Crippen molar-refractivity contribution in [1.29, 1.82) is 5.26 Å². The van der Waals surface area contributed by atoms with E-state index in [1.54, 1.807) is 42.5 Å². The molecule has 0 saturated carbocycles. The van der Waals surface area contributed by atoms with Crippen LogP contribution in [-0.4, -0.2) is 25.0 Å². The van der Waals surface area contributed by atoms with Crippen molar-refractivity contribution in [3.63, 3.8) is 0 Å². The summed E-state index contributed by atoms with van der Waals surface area (Å²) >= 11 is 0. The van der Waals surface area contributed by atoms with Crippen molar-refractivity contribution in [2.45, 2.75) is 6.42 Å². The van der Waals surface area contributed by atoms with Crippen LogP contribution in [-0.2, 0) is 14.3 Å². The summed E-state index contributed by atoms with van der Waals surface area (Å²) in [6.45, 7) is 0.301. The summed E-state index contributed by atoms with van der Waals surface area (Å²) in [5, 5.41) is 8.82. The SMILES string of the molecule is N#Cc1cccc(C=CC(=O)CC(=O)OCCOc2ccccc2)c1. The van der Waals surface area contributed by atoms with Gasteiger partial charge in [-0.2, -0.15) is 5.26 Å². The van der Waals surface area contributed by atoms with E-state index >= 15 is 0 Å². The molecule has 2 rings (SSSR count). The number of ketones is 1. The monoisotopic (exact) mass is 335 g/mol. The fourth-order valence-corrected chi connectivity index (χ4v) is 1.99. The molecule has 0 heterocycles. The van der Waals surface area contributed by atoms with Gasteiger partial charge in [0.25, 0.3) is 0 Å². The number of esters is 1. The smallest absolute Gasteiger partial charge is 0.313 e. The van der Waals surface area contributed by atoms with Crippen molar-refractivity contribution in [3.8, 4) is 11.8 Å². The van der Waals surface area contributed by atoms with Crippen LogP contribution in [0.4, 0.5) is 0 Å². The number of ether oxygens (including phenoxy) is 2. The maximum Gasteiger partial charge on any atom is 0.313 e. The summed E-state index contributed by atoms with van der Waals surface area (Å²) in [7, 11) is 0. The third-order valence-electron chi connectivity index (χ3n) is 3.15. The Morgan fingerprint density at radius 2 is 1.84 bits per heavy atom. The Kier molecular flexibility index (Phi) is 6.95. The minimum atomic E-state index is -0.600. The van der Waals surface area contributed by atoms with Gasteiger partial charge in [-0.05, 0) is 35.9 Å². The first kappa shape index (κ1) is 18.0. The number of rotatable bonds is 8. The first-order chi connectivity index (χ1) is 12.2. The average molecular weight is 335 g/mol. The molecule has 2 aromatic rings. The fourth-order valence-electron chi connectivity index (χ4n) is 1.99. The summed E-state index contributed by atoms with van der Waals surface area (Å²) in [6.07, 6.45) is 2.53. The number of nitriles is 1. The average Bonchev–Trinajstić information content (AvgIpc) is 2.64. The van der Waals surface area contributed by atoms with E-state index in [0.29, 0.717) is 11.3 Å². The minimum Gasteiger partial charge on any atom is -0.490 e. The summed E-state index contributed by atoms with van der Waals surface area (Å²) in [5.74, 6) is -0.273. The molecule has 0 atom stereocenters. The van der Waals surface area contributed by atoms with Crippen LogP contribution in [0.3, 0.4) is 0 Å². The van der Waals surface area contributed by atoms with Gasteiger partial charge in [-0.3, -0.25) is 9.59 Å². The number of hydrogen-bond donors (Lipinski definition) is 0. The molecule has 25 heavy (non-hydrogen) atoms. The predicted molar refractivity (Wildman–Crippen MR) is 92.7 cm³/mol. The number of para-hydroxylation sites is 1. The molecule has 0 radical (unpaired) electrons. The van der Waals surface area contributed by atoms with Crippen LogP contribution in [0.25, 0.3) is 6.08 Å². The van der Waals surface area contributed by atoms with E-state index < -0.39 is 5.97 Å². The van der Waals surface area contributed by atoms with E-state index in [0.717, 1.165) is 5.56 Å². The van der Waals surface area contributed by atoms with Gasteiger partial charge in [-0.15, -0.1) is 0 Å². The number of carbonyl (C=O) groups excluding carboxylic acids is 2. The molecule has 0 fully saturated rings. The second kappa shape index (κ2) is 9.68. The maximum atomic E-state index is 11.8. The molecule has 5 heteroatoms. The van der Waals surface area contributed by atoms with E-state index in [9.17, 15) is 9.59 Å². The van der Waals surface area contributed by atoms with Crippen LogP contribution < -0.4 is 4.74 Å². The van der Waals surface area contributed by atoms with Crippen LogP contribution in [0, 0.1) is 11.3 Å². The number of carbonyl (C=O) groups is 2. The molecular weight excluding hydrogens is 318 g/mol. The number of nitrogens with zero attached hydrogens (tertiary/aromatic N) is 1. The zero-order valence-electron chi connectivity index (χ0n) is 13.6. The van der Waals surface area contributed by atoms with E-state index in [1.165, 1.54) is 6.08 Å². The molecule has 0 saturated heterocycles. The highest BCUT2D eigenvalue weighted by Gasteiger charge is 2.08. The van der Waals surface area contributed by atoms with Crippen molar-refractivity contribution < 1.29 is 19.1 Å². The zero-order valence-corrected chi connectivity index (χ0v) is 13.6. The maximum absolute atomic E-state index is 11.8. The molecule has 0 spiro atoms. The second-order valence-electron chi connectivity index (χ2n) is 5.10. The van der Waals surface area contributed by atoms with E-state index in [4.69, 9.17) is 14.7 Å². The summed E-state index contributed by atoms with van der Waals surface area (Å²) < 4.78 is 10.3. The quantitative estimate of drug-likeness (QED) is 0.320. The second-order valence-corrected chi connectivity index (χ2v) is 5.10. The Morgan fingerprint density at radius 1 is 1.04 bits per heavy atom. The van der Waals surface area contributed by atoms with Gasteiger partial charge in [0.05, 0.1) is 11.6 Å². The lowest BCUT2D eigenvalue weighted by atomic mass is 10.1. The molecular formula is C20H17NO4. The van der Waals surface area contributed by atoms with Crippen molar-refractivity contribution >= 4 is 17.8 Å². The lowest BCUT2D eigenvalue weighted by Gasteiger charge is -2.06. The van der Waals surface area contributed by atoms with Gasteiger partial charge in [0.15, 0.2) is 5.78 Å². The first-order valence-electron chi connectivity index (χ1n) is 7.72. The summed E-state index contributed by atoms with van der Waals surface area (Å²) in [4.78, 5) is 23.4. The standard InChI is InChI=1S/C20H17NO4/c21-15-17-6-4-5-16(13-17)9-10-18(22)14-20(23)25-12-11-24-19-7-2-1-3-8-19/h1-10,13H,11-12,14H2. The van der Waals surface area contributed by atoms with Gasteiger partial charge >= 0.3 is 5.97 Å². The van der Waals surface area contributed by atoms with Crippen molar-refractivity contribution in [3.05, 3.63) is 71.8 Å². The molecule has 0 aliphatic rings. The molecule has 0 amide bonds. The Balaban J connectivity index is 1.70. The highest BCUT2D eigenvalue weighted by Crippen LogP contribution is 2.08. The molecule has 5 nitrogen and oxygen atoms in total. The van der Waals surface area contributed by atoms with Crippen LogP contribution in [0.5, 0.6) is 5.75 Å². The van der Waals surface area contributed by atoms with Crippen molar-refractivity contribution in [2.24, 2.45) is 0 Å². The highest BCUT2D eigenvalue weighted by atomic mass is 16.6. The molecule has 0 aliphatic heterocycles. The lowest BCUT2D eigenvalue weighted by Crippen LogP contribution is -2.14. The Labute approximate surface area is 146 Å². The molecule has 0 bridgehead atoms. The Morgan fingerprint density at radius 3 is 2.60 bits per heavy atom. The lowest BCUT2D eigenvalue weighted by molar-refractivity contribution is -0.146. The van der Waals surface area contributed by atoms with E-state index in [2.05, 4.69) is 0 Å². The zero-order chi connectivity index (χ0) is 17.9. The van der Waals surface area contributed by atoms with Gasteiger partial charge in [0, 0.05) is 0 Å². The van der Waals surface area contributed by atoms with Crippen molar-refractivity contribution in [2.75, 3.05) is 13.2 Å². The van der Waals surface area contributed by atoms with Crippen LogP contribution in [0.15, 0.2) is 60.7 Å². The predicted octanol–water partition coefficient (Wildman–Crippen LogP) is 3.15. The highest BCUT2D eigenvalue weighted by molar-refractivity contribution is 6.03. The number of benzene rings is 2. The van der Waals surface area contributed by atoms with Gasteiger partial charge in [-0.25, -0.2) is 0 Å². The van der Waals surface area contributed by atoms with Crippen LogP contribution in [0.2, 0.25) is 0 Å². The molecule has 0 N–H and O–H groups in total. The molecule has 126 valence electrons. The van der Waals surface area contributed by atoms with Gasteiger partial charge < -0.3 is 9.47 Å². The topological polar surface area (TPSA) is 76.4 Å². The third-order valence-corrected chi connectivity index (χ3v) is 3.15. The van der Waals surface area contributed by atoms with E-state index in [1.807, 2.05) is 24.3 Å². The first-order valence-corrected chi connectivity index (χ1v) is 7.72. The molecule has 0 aromatic heterocycles. The normalized spacial score (nSPS) is 10.2. The van der Waals surface area contributed by atoms with Gasteiger partial charge in [-0.1, -0.05) is 36.4 Å². The van der Waals surface area contributed by atoms with E-state index in [-0.39, 0.29) is 25.4 Å². The molecule has 2 aromatic carbocycles. The van der Waals surface area contributed by atoms with Gasteiger partial charge in [0.1, 0.15) is 25.4 Å². The number of allylic oxidation sites excluding steroid dienone is 1. The molecule has 0 aliphatic carbocycles. The van der Waals surface area contributed by atoms with Crippen molar-refractivity contribution in [1.82, 2.24) is 0 Å². The Bertz CT molecular complexity index is 791. The largest absolute Gasteiger partial charge is 0.490 e. The fraction of sp³-hybridized carbons (Fsp3) is 0.150. The number of hydrogen-bond acceptors (Lipinski definition) is 5. The summed E-state index contributed by atoms with van der Waals surface area (Å²) in [5.41, 5.74) is 1.23. The third kappa shape index (κ3) is 6.71. The summed E-state index contributed by atoms with van der Waals surface area (Å²) in [6, 6.07) is 18.0.